The van der Waals surface area contributed by atoms with Crippen molar-refractivity contribution >= 4 is 0 Å². The molecule has 0 radical (unpaired) electrons. The molecular weight excluding hydrogens is 238 g/mol. The first kappa shape index (κ1) is 15.2. The maximum absolute atomic E-state index is 5.54. The zero-order chi connectivity index (χ0) is 14.4. The van der Waals surface area contributed by atoms with Crippen LogP contribution in [0.1, 0.15) is 39.2 Å². The van der Waals surface area contributed by atoms with Crippen molar-refractivity contribution in [3.63, 3.8) is 0 Å². The van der Waals surface area contributed by atoms with Gasteiger partial charge in [-0.25, -0.2) is 9.67 Å². The molecule has 4 nitrogen and oxygen atoms in total. The molecular formula is C15H23N3O. The molecule has 0 atom stereocenters. The van der Waals surface area contributed by atoms with Gasteiger partial charge in [0.15, 0.2) is 5.82 Å². The number of benzene rings is 1. The Bertz CT molecular complexity index is 518. The molecule has 0 aliphatic heterocycles. The maximum Gasteiger partial charge on any atom is 0.161 e. The number of nitrogens with zero attached hydrogens (tertiary/aromatic N) is 3. The Balaban J connectivity index is 0.000000861. The van der Waals surface area contributed by atoms with Crippen molar-refractivity contribution in [2.75, 3.05) is 7.11 Å². The number of para-hydroxylation sites is 1. The standard InChI is InChI=1S/C13H17N3O.C2H6/c1-9(2)10-6-5-7-11(12(10)17-4)13-14-8-15-16(13)3;1-2/h5-9H,1-4H3;1-2H3. The van der Waals surface area contributed by atoms with Crippen LogP contribution in [-0.4, -0.2) is 21.9 Å². The van der Waals surface area contributed by atoms with E-state index in [0.29, 0.717) is 5.92 Å². The van der Waals surface area contributed by atoms with E-state index in [9.17, 15) is 0 Å². The van der Waals surface area contributed by atoms with Gasteiger partial charge in [-0.3, -0.25) is 0 Å². The maximum atomic E-state index is 5.54. The molecule has 1 aromatic heterocycles. The fraction of sp³-hybridized carbons (Fsp3) is 0.467. The lowest BCUT2D eigenvalue weighted by Crippen LogP contribution is -2.00. The normalized spacial score (nSPS) is 10.1. The molecule has 19 heavy (non-hydrogen) atoms. The second kappa shape index (κ2) is 6.92. The smallest absolute Gasteiger partial charge is 0.161 e. The van der Waals surface area contributed by atoms with Crippen LogP contribution in [-0.2, 0) is 7.05 Å². The summed E-state index contributed by atoms with van der Waals surface area (Å²) >= 11 is 0. The number of hydrogen-bond acceptors (Lipinski definition) is 3. The number of methoxy groups -OCH3 is 1. The SMILES string of the molecule is CC.COc1c(-c2ncnn2C)cccc1C(C)C. The highest BCUT2D eigenvalue weighted by Crippen LogP contribution is 2.35. The summed E-state index contributed by atoms with van der Waals surface area (Å²) < 4.78 is 7.29. The molecule has 0 N–H and O–H groups in total. The van der Waals surface area contributed by atoms with E-state index in [1.807, 2.05) is 33.0 Å². The van der Waals surface area contributed by atoms with E-state index in [4.69, 9.17) is 4.74 Å². The highest BCUT2D eigenvalue weighted by molar-refractivity contribution is 5.67. The van der Waals surface area contributed by atoms with Gasteiger partial charge in [-0.05, 0) is 17.5 Å². The van der Waals surface area contributed by atoms with E-state index in [1.54, 1.807) is 18.1 Å². The Kier molecular flexibility index (Phi) is 5.55. The van der Waals surface area contributed by atoms with Crippen molar-refractivity contribution < 1.29 is 4.74 Å². The van der Waals surface area contributed by atoms with Crippen LogP contribution in [0.3, 0.4) is 0 Å². The zero-order valence-electron chi connectivity index (χ0n) is 12.6. The summed E-state index contributed by atoms with van der Waals surface area (Å²) in [6, 6.07) is 6.12. The van der Waals surface area contributed by atoms with Crippen molar-refractivity contribution in [1.29, 1.82) is 0 Å². The second-order valence-electron chi connectivity index (χ2n) is 4.29. The van der Waals surface area contributed by atoms with Crippen LogP contribution in [0.5, 0.6) is 5.75 Å². The topological polar surface area (TPSA) is 39.9 Å². The molecule has 0 fully saturated rings. The third-order valence-corrected chi connectivity index (χ3v) is 2.82. The third kappa shape index (κ3) is 3.13. The molecule has 0 bridgehead atoms. The van der Waals surface area contributed by atoms with Crippen LogP contribution >= 0.6 is 0 Å². The number of aryl methyl sites for hydroxylation is 1. The Hall–Kier alpha value is -1.84. The molecule has 4 heteroatoms. The lowest BCUT2D eigenvalue weighted by molar-refractivity contribution is 0.408. The average molecular weight is 261 g/mol. The van der Waals surface area contributed by atoms with Crippen molar-refractivity contribution in [3.05, 3.63) is 30.1 Å². The van der Waals surface area contributed by atoms with Gasteiger partial charge in [-0.2, -0.15) is 5.10 Å². The predicted octanol–water partition coefficient (Wildman–Crippen LogP) is 3.64. The van der Waals surface area contributed by atoms with E-state index in [0.717, 1.165) is 17.1 Å². The molecule has 2 aromatic rings. The van der Waals surface area contributed by atoms with Gasteiger partial charge >= 0.3 is 0 Å². The van der Waals surface area contributed by atoms with Gasteiger partial charge in [0.2, 0.25) is 0 Å². The second-order valence-corrected chi connectivity index (χ2v) is 4.29. The lowest BCUT2D eigenvalue weighted by Gasteiger charge is -2.15. The molecule has 0 amide bonds. The van der Waals surface area contributed by atoms with Gasteiger partial charge in [0.1, 0.15) is 12.1 Å². The van der Waals surface area contributed by atoms with Crippen LogP contribution in [0, 0.1) is 0 Å². The lowest BCUT2D eigenvalue weighted by atomic mass is 9.99. The third-order valence-electron chi connectivity index (χ3n) is 2.82. The Morgan fingerprint density at radius 2 is 1.89 bits per heavy atom. The van der Waals surface area contributed by atoms with Crippen molar-refractivity contribution in [3.8, 4) is 17.1 Å². The monoisotopic (exact) mass is 261 g/mol. The minimum Gasteiger partial charge on any atom is -0.496 e. The number of hydrogen-bond donors (Lipinski definition) is 0. The van der Waals surface area contributed by atoms with Crippen molar-refractivity contribution in [1.82, 2.24) is 14.8 Å². The summed E-state index contributed by atoms with van der Waals surface area (Å²) in [6.45, 7) is 8.30. The summed E-state index contributed by atoms with van der Waals surface area (Å²) in [5.41, 5.74) is 2.17. The Labute approximate surface area is 115 Å². The molecule has 0 saturated carbocycles. The predicted molar refractivity (Wildman–Crippen MR) is 78.4 cm³/mol. The number of rotatable bonds is 3. The van der Waals surface area contributed by atoms with Crippen LogP contribution in [0.25, 0.3) is 11.4 Å². The molecule has 1 heterocycles. The quantitative estimate of drug-likeness (QED) is 0.847. The highest BCUT2D eigenvalue weighted by atomic mass is 16.5. The molecule has 104 valence electrons. The minimum absolute atomic E-state index is 0.415. The number of ether oxygens (including phenoxy) is 1. The van der Waals surface area contributed by atoms with Gasteiger partial charge in [0, 0.05) is 7.05 Å². The minimum atomic E-state index is 0.415. The Morgan fingerprint density at radius 3 is 2.37 bits per heavy atom. The molecule has 2 rings (SSSR count). The van der Waals surface area contributed by atoms with E-state index in [1.165, 1.54) is 5.56 Å². The summed E-state index contributed by atoms with van der Waals surface area (Å²) in [5.74, 6) is 2.13. The highest BCUT2D eigenvalue weighted by Gasteiger charge is 2.15. The Morgan fingerprint density at radius 1 is 1.21 bits per heavy atom. The molecule has 0 unspecified atom stereocenters. The van der Waals surface area contributed by atoms with Crippen molar-refractivity contribution in [2.24, 2.45) is 7.05 Å². The van der Waals surface area contributed by atoms with Gasteiger partial charge in [0.25, 0.3) is 0 Å². The largest absolute Gasteiger partial charge is 0.496 e. The van der Waals surface area contributed by atoms with E-state index in [-0.39, 0.29) is 0 Å². The zero-order valence-corrected chi connectivity index (χ0v) is 12.6. The van der Waals surface area contributed by atoms with Crippen molar-refractivity contribution in [2.45, 2.75) is 33.6 Å². The van der Waals surface area contributed by atoms with E-state index in [2.05, 4.69) is 30.0 Å². The molecule has 0 aliphatic rings. The first-order valence-electron chi connectivity index (χ1n) is 6.66. The van der Waals surface area contributed by atoms with Crippen LogP contribution in [0.15, 0.2) is 24.5 Å². The van der Waals surface area contributed by atoms with Crippen LogP contribution in [0.4, 0.5) is 0 Å². The van der Waals surface area contributed by atoms with Gasteiger partial charge < -0.3 is 4.74 Å². The summed E-state index contributed by atoms with van der Waals surface area (Å²) in [6.07, 6.45) is 1.55. The van der Waals surface area contributed by atoms with Crippen LogP contribution < -0.4 is 4.74 Å². The van der Waals surface area contributed by atoms with Gasteiger partial charge in [0.05, 0.1) is 12.7 Å². The summed E-state index contributed by atoms with van der Waals surface area (Å²) in [7, 11) is 3.57. The summed E-state index contributed by atoms with van der Waals surface area (Å²) in [5, 5.41) is 4.09. The molecule has 1 aromatic carbocycles. The molecule has 0 spiro atoms. The fourth-order valence-corrected chi connectivity index (χ4v) is 1.95. The van der Waals surface area contributed by atoms with Crippen LogP contribution in [0.2, 0.25) is 0 Å². The van der Waals surface area contributed by atoms with Gasteiger partial charge in [-0.1, -0.05) is 39.8 Å². The average Bonchev–Trinajstić information content (AvgIpc) is 2.86. The molecule has 0 aliphatic carbocycles. The number of aromatic nitrogens is 3. The molecule has 0 saturated heterocycles. The first-order valence-corrected chi connectivity index (χ1v) is 6.66. The van der Waals surface area contributed by atoms with E-state index < -0.39 is 0 Å². The first-order chi connectivity index (χ1) is 9.15. The van der Waals surface area contributed by atoms with Gasteiger partial charge in [-0.15, -0.1) is 0 Å². The fourth-order valence-electron chi connectivity index (χ4n) is 1.95. The summed E-state index contributed by atoms with van der Waals surface area (Å²) in [4.78, 5) is 4.27. The van der Waals surface area contributed by atoms with E-state index >= 15 is 0 Å².